The molecule has 16 heavy (non-hydrogen) atoms. The number of rotatable bonds is 6. The van der Waals surface area contributed by atoms with Gasteiger partial charge < -0.3 is 10.5 Å². The minimum atomic E-state index is 0.105. The molecular formula is C13H26N2O. The maximum atomic E-state index is 6.06. The van der Waals surface area contributed by atoms with Crippen LogP contribution >= 0.6 is 0 Å². The summed E-state index contributed by atoms with van der Waals surface area (Å²) in [5, 5.41) is 0. The second-order valence-corrected chi connectivity index (χ2v) is 5.91. The zero-order chi connectivity index (χ0) is 11.6. The molecule has 2 N–H and O–H groups in total. The molecular weight excluding hydrogens is 200 g/mol. The van der Waals surface area contributed by atoms with Gasteiger partial charge in [-0.1, -0.05) is 0 Å². The standard InChI is InChI=1S/C13H26N2O/c1-13(2)7-6-12(16-13)10-15(9-3-8-14)11-4-5-11/h11-12H,3-10,14H2,1-2H3. The highest BCUT2D eigenvalue weighted by atomic mass is 16.5. The fourth-order valence-electron chi connectivity index (χ4n) is 2.62. The van der Waals surface area contributed by atoms with Crippen LogP contribution in [0.4, 0.5) is 0 Å². The van der Waals surface area contributed by atoms with Crippen molar-refractivity contribution in [1.82, 2.24) is 4.90 Å². The van der Waals surface area contributed by atoms with Gasteiger partial charge in [0.05, 0.1) is 11.7 Å². The van der Waals surface area contributed by atoms with Crippen LogP contribution in [-0.4, -0.2) is 42.3 Å². The fourth-order valence-corrected chi connectivity index (χ4v) is 2.62. The second-order valence-electron chi connectivity index (χ2n) is 5.91. The van der Waals surface area contributed by atoms with Gasteiger partial charge in [-0.25, -0.2) is 0 Å². The lowest BCUT2D eigenvalue weighted by Crippen LogP contribution is -2.36. The summed E-state index contributed by atoms with van der Waals surface area (Å²) < 4.78 is 6.06. The Morgan fingerprint density at radius 3 is 2.56 bits per heavy atom. The predicted octanol–water partition coefficient (Wildman–Crippen LogP) is 1.76. The largest absolute Gasteiger partial charge is 0.371 e. The lowest BCUT2D eigenvalue weighted by atomic mass is 10.1. The lowest BCUT2D eigenvalue weighted by Gasteiger charge is -2.26. The molecule has 1 saturated heterocycles. The monoisotopic (exact) mass is 226 g/mol. The Balaban J connectivity index is 1.77. The summed E-state index contributed by atoms with van der Waals surface area (Å²) in [7, 11) is 0. The van der Waals surface area contributed by atoms with Crippen molar-refractivity contribution >= 4 is 0 Å². The van der Waals surface area contributed by atoms with Crippen molar-refractivity contribution in [3.63, 3.8) is 0 Å². The molecule has 94 valence electrons. The van der Waals surface area contributed by atoms with Crippen LogP contribution < -0.4 is 5.73 Å². The maximum absolute atomic E-state index is 6.06. The number of nitrogens with two attached hydrogens (primary N) is 1. The van der Waals surface area contributed by atoms with Crippen molar-refractivity contribution in [2.75, 3.05) is 19.6 Å². The Bertz CT molecular complexity index is 226. The van der Waals surface area contributed by atoms with Crippen LogP contribution in [0.15, 0.2) is 0 Å². The van der Waals surface area contributed by atoms with E-state index in [4.69, 9.17) is 10.5 Å². The third kappa shape index (κ3) is 3.44. The molecule has 2 fully saturated rings. The summed E-state index contributed by atoms with van der Waals surface area (Å²) in [4.78, 5) is 2.60. The van der Waals surface area contributed by atoms with Gasteiger partial charge in [0.25, 0.3) is 0 Å². The highest BCUT2D eigenvalue weighted by Gasteiger charge is 2.35. The first-order valence-electron chi connectivity index (χ1n) is 6.73. The normalized spacial score (nSPS) is 28.9. The average molecular weight is 226 g/mol. The Kier molecular flexibility index (Phi) is 3.88. The molecule has 0 radical (unpaired) electrons. The number of hydrogen-bond donors (Lipinski definition) is 1. The van der Waals surface area contributed by atoms with Gasteiger partial charge in [-0.2, -0.15) is 0 Å². The topological polar surface area (TPSA) is 38.5 Å². The summed E-state index contributed by atoms with van der Waals surface area (Å²) in [6.45, 7) is 7.48. The van der Waals surface area contributed by atoms with Gasteiger partial charge in [-0.15, -0.1) is 0 Å². The van der Waals surface area contributed by atoms with E-state index in [1.807, 2.05) is 0 Å². The summed E-state index contributed by atoms with van der Waals surface area (Å²) in [5.41, 5.74) is 5.70. The average Bonchev–Trinajstić information content (AvgIpc) is 2.99. The predicted molar refractivity (Wildman–Crippen MR) is 66.5 cm³/mol. The molecule has 3 heteroatoms. The van der Waals surface area contributed by atoms with Crippen molar-refractivity contribution in [2.24, 2.45) is 5.73 Å². The summed E-state index contributed by atoms with van der Waals surface area (Å²) >= 11 is 0. The van der Waals surface area contributed by atoms with Gasteiger partial charge in [0.15, 0.2) is 0 Å². The van der Waals surface area contributed by atoms with Gasteiger partial charge >= 0.3 is 0 Å². The smallest absolute Gasteiger partial charge is 0.0710 e. The first kappa shape index (κ1) is 12.3. The van der Waals surface area contributed by atoms with Crippen LogP contribution in [-0.2, 0) is 4.74 Å². The molecule has 0 amide bonds. The van der Waals surface area contributed by atoms with E-state index in [2.05, 4.69) is 18.7 Å². The van der Waals surface area contributed by atoms with Crippen molar-refractivity contribution in [2.45, 2.75) is 63.7 Å². The molecule has 0 aromatic rings. The summed E-state index contributed by atoms with van der Waals surface area (Å²) in [6.07, 6.45) is 6.74. The Hall–Kier alpha value is -0.120. The Morgan fingerprint density at radius 1 is 1.31 bits per heavy atom. The number of nitrogens with zero attached hydrogens (tertiary/aromatic N) is 1. The lowest BCUT2D eigenvalue weighted by molar-refractivity contribution is -0.0297. The molecule has 1 unspecified atom stereocenters. The molecule has 1 atom stereocenters. The zero-order valence-electron chi connectivity index (χ0n) is 10.7. The van der Waals surface area contributed by atoms with E-state index in [9.17, 15) is 0 Å². The molecule has 0 bridgehead atoms. The molecule has 1 saturated carbocycles. The fraction of sp³-hybridized carbons (Fsp3) is 1.00. The van der Waals surface area contributed by atoms with Gasteiger partial charge in [-0.3, -0.25) is 4.90 Å². The van der Waals surface area contributed by atoms with E-state index >= 15 is 0 Å². The first-order valence-corrected chi connectivity index (χ1v) is 6.73. The van der Waals surface area contributed by atoms with Crippen LogP contribution in [0.5, 0.6) is 0 Å². The molecule has 0 aromatic carbocycles. The summed E-state index contributed by atoms with van der Waals surface area (Å²) in [6, 6.07) is 0.832. The minimum absolute atomic E-state index is 0.105. The van der Waals surface area contributed by atoms with E-state index in [0.29, 0.717) is 6.10 Å². The molecule has 3 nitrogen and oxygen atoms in total. The van der Waals surface area contributed by atoms with Crippen molar-refractivity contribution in [3.8, 4) is 0 Å². The highest BCUT2D eigenvalue weighted by molar-refractivity contribution is 4.89. The van der Waals surface area contributed by atoms with Gasteiger partial charge in [0.2, 0.25) is 0 Å². The van der Waals surface area contributed by atoms with Crippen LogP contribution in [0.25, 0.3) is 0 Å². The maximum Gasteiger partial charge on any atom is 0.0710 e. The van der Waals surface area contributed by atoms with Crippen molar-refractivity contribution < 1.29 is 4.74 Å². The van der Waals surface area contributed by atoms with E-state index in [1.165, 1.54) is 25.7 Å². The number of hydrogen-bond acceptors (Lipinski definition) is 3. The molecule has 0 aromatic heterocycles. The highest BCUT2D eigenvalue weighted by Crippen LogP contribution is 2.32. The third-order valence-corrected chi connectivity index (χ3v) is 3.70. The van der Waals surface area contributed by atoms with Crippen molar-refractivity contribution in [1.29, 1.82) is 0 Å². The minimum Gasteiger partial charge on any atom is -0.371 e. The van der Waals surface area contributed by atoms with E-state index in [1.54, 1.807) is 0 Å². The quantitative estimate of drug-likeness (QED) is 0.750. The molecule has 2 aliphatic rings. The number of ether oxygens (including phenoxy) is 1. The SMILES string of the molecule is CC1(C)CCC(CN(CCCN)C2CC2)O1. The Morgan fingerprint density at radius 2 is 2.06 bits per heavy atom. The first-order chi connectivity index (χ1) is 7.61. The molecule has 0 spiro atoms. The Labute approximate surface area is 99.3 Å². The van der Waals surface area contributed by atoms with Crippen molar-refractivity contribution in [3.05, 3.63) is 0 Å². The molecule has 1 aliphatic heterocycles. The molecule has 1 aliphatic carbocycles. The van der Waals surface area contributed by atoms with Crippen LogP contribution in [0.3, 0.4) is 0 Å². The van der Waals surface area contributed by atoms with E-state index < -0.39 is 0 Å². The van der Waals surface area contributed by atoms with Crippen LogP contribution in [0.2, 0.25) is 0 Å². The van der Waals surface area contributed by atoms with Gasteiger partial charge in [0, 0.05) is 12.6 Å². The van der Waals surface area contributed by atoms with Crippen LogP contribution in [0, 0.1) is 0 Å². The van der Waals surface area contributed by atoms with Gasteiger partial charge in [0.1, 0.15) is 0 Å². The zero-order valence-corrected chi connectivity index (χ0v) is 10.7. The van der Waals surface area contributed by atoms with Crippen LogP contribution in [0.1, 0.15) is 46.0 Å². The summed E-state index contributed by atoms with van der Waals surface area (Å²) in [5.74, 6) is 0. The van der Waals surface area contributed by atoms with E-state index in [0.717, 1.165) is 32.1 Å². The molecule has 1 heterocycles. The second kappa shape index (κ2) is 5.03. The van der Waals surface area contributed by atoms with E-state index in [-0.39, 0.29) is 5.60 Å². The third-order valence-electron chi connectivity index (χ3n) is 3.70. The van der Waals surface area contributed by atoms with Gasteiger partial charge in [-0.05, 0) is 59.0 Å². The molecule has 2 rings (SSSR count).